The molecule has 0 radical (unpaired) electrons. The van der Waals surface area contributed by atoms with Crippen LogP contribution in [0, 0.1) is 17.0 Å². The van der Waals surface area contributed by atoms with Crippen molar-refractivity contribution >= 4 is 55.9 Å². The van der Waals surface area contributed by atoms with Crippen LogP contribution in [0.1, 0.15) is 12.5 Å². The fraction of sp³-hybridized carbons (Fsp3) is 0.412. The summed E-state index contributed by atoms with van der Waals surface area (Å²) in [5, 5.41) is 31.9. The van der Waals surface area contributed by atoms with Crippen molar-refractivity contribution in [1.82, 2.24) is 9.88 Å². The molecule has 1 amide bonds. The fourth-order valence-electron chi connectivity index (χ4n) is 3.59. The molecule has 1 aliphatic heterocycles. The number of anilines is 1. The Labute approximate surface area is 173 Å². The van der Waals surface area contributed by atoms with E-state index in [1.807, 2.05) is 0 Å². The predicted molar refractivity (Wildman–Crippen MR) is 108 cm³/mol. The Balaban J connectivity index is 2.26. The Hall–Kier alpha value is -2.17. The second-order valence-corrected chi connectivity index (χ2v) is 7.92. The molecule has 1 aliphatic rings. The van der Waals surface area contributed by atoms with Gasteiger partial charge in [0.15, 0.2) is 0 Å². The molecule has 3 rings (SSSR count). The van der Waals surface area contributed by atoms with Gasteiger partial charge >= 0.3 is 11.8 Å². The van der Waals surface area contributed by atoms with Crippen LogP contribution in [0.15, 0.2) is 16.7 Å². The molecule has 9 nitrogen and oxygen atoms in total. The molecular weight excluding hydrogens is 456 g/mol. The Bertz CT molecular complexity index is 972. The molecule has 0 saturated carbocycles. The largest absolute Gasteiger partial charge is 0.465 e. The lowest BCUT2D eigenvalue weighted by Crippen LogP contribution is -2.60. The van der Waals surface area contributed by atoms with Gasteiger partial charge < -0.3 is 20.0 Å². The number of nitrogens with zero attached hydrogens (tertiary/aromatic N) is 4. The second-order valence-electron chi connectivity index (χ2n) is 6.72. The second kappa shape index (κ2) is 7.69. The lowest BCUT2D eigenvalue weighted by molar-refractivity contribution is -0.384. The molecule has 1 aromatic heterocycles. The summed E-state index contributed by atoms with van der Waals surface area (Å²) < 4.78 is 0.650. The fourth-order valence-corrected chi connectivity index (χ4v) is 4.14. The average molecular weight is 474 g/mol. The van der Waals surface area contributed by atoms with Gasteiger partial charge in [-0.1, -0.05) is 11.6 Å². The molecule has 0 spiro atoms. The number of pyridine rings is 1. The maximum absolute atomic E-state index is 11.7. The lowest BCUT2D eigenvalue weighted by atomic mass is 10.0. The van der Waals surface area contributed by atoms with E-state index in [-0.39, 0.29) is 31.1 Å². The Kier molecular flexibility index (Phi) is 5.64. The quantitative estimate of drug-likeness (QED) is 0.517. The summed E-state index contributed by atoms with van der Waals surface area (Å²) in [4.78, 5) is 29.8. The molecule has 2 aromatic rings. The maximum atomic E-state index is 11.7. The summed E-state index contributed by atoms with van der Waals surface area (Å²) in [5.74, 6) is 0. The minimum Gasteiger partial charge on any atom is -0.465 e. The van der Waals surface area contributed by atoms with E-state index in [9.17, 15) is 25.1 Å². The minimum absolute atomic E-state index is 0.0250. The minimum atomic E-state index is -1.09. The SMILES string of the molecule is Cc1c(Br)c(Cl)cc2c(N3C[C@@H](C)N(C(=O)O)C[C@@H]3CO)c([N+](=O)[O-])cnc12. The van der Waals surface area contributed by atoms with Crippen LogP contribution >= 0.6 is 27.5 Å². The first-order valence-electron chi connectivity index (χ1n) is 8.46. The summed E-state index contributed by atoms with van der Waals surface area (Å²) >= 11 is 9.70. The van der Waals surface area contributed by atoms with Crippen molar-refractivity contribution in [3.05, 3.63) is 37.4 Å². The number of rotatable bonds is 3. The van der Waals surface area contributed by atoms with Crippen molar-refractivity contribution in [2.45, 2.75) is 25.9 Å². The molecule has 1 fully saturated rings. The van der Waals surface area contributed by atoms with Crippen LogP contribution in [0.2, 0.25) is 5.02 Å². The number of aromatic nitrogens is 1. The molecular formula is C17H18BrClN4O5. The number of hydrogen-bond acceptors (Lipinski definition) is 6. The number of aliphatic hydroxyl groups is 1. The van der Waals surface area contributed by atoms with E-state index >= 15 is 0 Å². The monoisotopic (exact) mass is 472 g/mol. The zero-order valence-electron chi connectivity index (χ0n) is 15.1. The highest BCUT2D eigenvalue weighted by molar-refractivity contribution is 9.10. The van der Waals surface area contributed by atoms with E-state index in [0.717, 1.165) is 5.56 Å². The summed E-state index contributed by atoms with van der Waals surface area (Å²) in [6.45, 7) is 3.37. The van der Waals surface area contributed by atoms with Crippen molar-refractivity contribution < 1.29 is 19.9 Å². The number of carboxylic acid groups (broad SMARTS) is 1. The lowest BCUT2D eigenvalue weighted by Gasteiger charge is -2.44. The van der Waals surface area contributed by atoms with Gasteiger partial charge in [-0.3, -0.25) is 10.1 Å². The number of aliphatic hydroxyl groups excluding tert-OH is 1. The summed E-state index contributed by atoms with van der Waals surface area (Å²) in [6, 6.07) is 0.542. The Morgan fingerprint density at radius 1 is 1.50 bits per heavy atom. The Morgan fingerprint density at radius 2 is 2.18 bits per heavy atom. The van der Waals surface area contributed by atoms with E-state index in [1.165, 1.54) is 11.1 Å². The highest BCUT2D eigenvalue weighted by atomic mass is 79.9. The normalized spacial score (nSPS) is 19.9. The van der Waals surface area contributed by atoms with Crippen LogP contribution in [0.25, 0.3) is 10.9 Å². The van der Waals surface area contributed by atoms with Crippen molar-refractivity contribution in [3.8, 4) is 0 Å². The molecule has 2 N–H and O–H groups in total. The van der Waals surface area contributed by atoms with Gasteiger partial charge in [0.2, 0.25) is 0 Å². The van der Waals surface area contributed by atoms with Gasteiger partial charge in [0.1, 0.15) is 11.9 Å². The summed E-state index contributed by atoms with van der Waals surface area (Å²) in [7, 11) is 0. The van der Waals surface area contributed by atoms with Crippen LogP contribution in [0.3, 0.4) is 0 Å². The third kappa shape index (κ3) is 3.36. The molecule has 0 bridgehead atoms. The number of amides is 1. The van der Waals surface area contributed by atoms with Crippen molar-refractivity contribution in [3.63, 3.8) is 0 Å². The highest BCUT2D eigenvalue weighted by Gasteiger charge is 2.38. The molecule has 0 unspecified atom stereocenters. The molecule has 0 aliphatic carbocycles. The molecule has 1 aromatic carbocycles. The first kappa shape index (κ1) is 20.6. The zero-order valence-corrected chi connectivity index (χ0v) is 17.4. The third-order valence-electron chi connectivity index (χ3n) is 5.02. The molecule has 11 heteroatoms. The number of benzene rings is 1. The first-order valence-corrected chi connectivity index (χ1v) is 9.63. The van der Waals surface area contributed by atoms with Gasteiger partial charge in [0, 0.05) is 29.0 Å². The highest BCUT2D eigenvalue weighted by Crippen LogP contribution is 2.42. The van der Waals surface area contributed by atoms with E-state index in [0.29, 0.717) is 20.4 Å². The van der Waals surface area contributed by atoms with Crippen LogP contribution < -0.4 is 4.90 Å². The van der Waals surface area contributed by atoms with Gasteiger partial charge in [-0.2, -0.15) is 0 Å². The average Bonchev–Trinajstić information content (AvgIpc) is 2.64. The molecule has 2 heterocycles. The number of piperazine rings is 1. The smallest absolute Gasteiger partial charge is 0.407 e. The molecule has 2 atom stereocenters. The van der Waals surface area contributed by atoms with Crippen LogP contribution in [0.5, 0.6) is 0 Å². The zero-order chi connectivity index (χ0) is 20.7. The first-order chi connectivity index (χ1) is 13.2. The standard InChI is InChI=1S/C17H18BrClN4O5/c1-8-5-22(10(7-24)6-21(8)17(25)26)16-11-3-12(19)14(18)9(2)15(11)20-4-13(16)23(27)28/h3-4,8,10,24H,5-7H2,1-2H3,(H,25,26)/t8-,10-/m1/s1. The summed E-state index contributed by atoms with van der Waals surface area (Å²) in [6.07, 6.45) is 0.0933. The molecule has 150 valence electrons. The number of hydrogen-bond donors (Lipinski definition) is 2. The maximum Gasteiger partial charge on any atom is 0.407 e. The van der Waals surface area contributed by atoms with E-state index in [2.05, 4.69) is 20.9 Å². The van der Waals surface area contributed by atoms with Gasteiger partial charge in [0.25, 0.3) is 0 Å². The van der Waals surface area contributed by atoms with Crippen LogP contribution in [0.4, 0.5) is 16.2 Å². The van der Waals surface area contributed by atoms with Crippen molar-refractivity contribution in [2.24, 2.45) is 0 Å². The number of aryl methyl sites for hydroxylation is 1. The van der Waals surface area contributed by atoms with Gasteiger partial charge in [-0.25, -0.2) is 9.78 Å². The van der Waals surface area contributed by atoms with E-state index in [4.69, 9.17) is 11.6 Å². The number of fused-ring (bicyclic) bond motifs is 1. The van der Waals surface area contributed by atoms with Gasteiger partial charge in [-0.05, 0) is 41.4 Å². The van der Waals surface area contributed by atoms with Crippen molar-refractivity contribution in [1.29, 1.82) is 0 Å². The Morgan fingerprint density at radius 3 is 2.75 bits per heavy atom. The van der Waals surface area contributed by atoms with Gasteiger partial charge in [-0.15, -0.1) is 0 Å². The topological polar surface area (TPSA) is 120 Å². The van der Waals surface area contributed by atoms with Crippen LogP contribution in [-0.4, -0.2) is 62.9 Å². The molecule has 28 heavy (non-hydrogen) atoms. The number of carbonyl (C=O) groups is 1. The molecule has 1 saturated heterocycles. The van der Waals surface area contributed by atoms with E-state index < -0.39 is 23.1 Å². The number of nitro groups is 1. The number of halogens is 2. The summed E-state index contributed by atoms with van der Waals surface area (Å²) in [5.41, 5.74) is 1.33. The van der Waals surface area contributed by atoms with Crippen LogP contribution in [-0.2, 0) is 0 Å². The van der Waals surface area contributed by atoms with E-state index in [1.54, 1.807) is 24.8 Å². The predicted octanol–water partition coefficient (Wildman–Crippen LogP) is 3.42. The van der Waals surface area contributed by atoms with Crippen molar-refractivity contribution in [2.75, 3.05) is 24.6 Å². The van der Waals surface area contributed by atoms with Gasteiger partial charge in [0.05, 0.1) is 28.1 Å². The third-order valence-corrected chi connectivity index (χ3v) is 6.56.